The van der Waals surface area contributed by atoms with Crippen LogP contribution < -0.4 is 15.7 Å². The molecule has 2 N–H and O–H groups in total. The second-order valence-corrected chi connectivity index (χ2v) is 10.9. The molecule has 192 valence electrons. The minimum absolute atomic E-state index is 0.0661. The highest BCUT2D eigenvalue weighted by atomic mass is 32.2. The molecule has 13 heteroatoms. The molecule has 1 aliphatic rings. The number of benzene rings is 1. The molecule has 0 spiro atoms. The van der Waals surface area contributed by atoms with Gasteiger partial charge in [-0.3, -0.25) is 4.57 Å². The predicted molar refractivity (Wildman–Crippen MR) is 135 cm³/mol. The van der Waals surface area contributed by atoms with Gasteiger partial charge in [0.2, 0.25) is 10.0 Å². The molecule has 0 radical (unpaired) electrons. The lowest BCUT2D eigenvalue weighted by atomic mass is 10.2. The summed E-state index contributed by atoms with van der Waals surface area (Å²) in [5.41, 5.74) is 1.55. The first-order valence-electron chi connectivity index (χ1n) is 12.2. The number of nitrogens with zero attached hydrogens (tertiary/aromatic N) is 6. The third-order valence-corrected chi connectivity index (χ3v) is 8.09. The molecule has 0 unspecified atom stereocenters. The molecule has 36 heavy (non-hydrogen) atoms. The summed E-state index contributed by atoms with van der Waals surface area (Å²) in [6, 6.07) is 4.90. The Labute approximate surface area is 208 Å². The molecule has 0 aliphatic carbocycles. The number of rotatable bonds is 8. The van der Waals surface area contributed by atoms with E-state index in [9.17, 15) is 13.2 Å². The average molecular weight is 515 g/mol. The fraction of sp³-hybridized carbons (Fsp3) is 0.478. The lowest BCUT2D eigenvalue weighted by molar-refractivity contribution is 0.310. The van der Waals surface area contributed by atoms with Crippen molar-refractivity contribution in [2.24, 2.45) is 0 Å². The van der Waals surface area contributed by atoms with Crippen LogP contribution in [0.15, 0.2) is 34.2 Å². The summed E-state index contributed by atoms with van der Waals surface area (Å²) in [6.45, 7) is 8.24. The van der Waals surface area contributed by atoms with E-state index in [1.54, 1.807) is 22.8 Å². The van der Waals surface area contributed by atoms with Gasteiger partial charge in [-0.1, -0.05) is 13.8 Å². The highest BCUT2D eigenvalue weighted by molar-refractivity contribution is 7.89. The molecule has 1 fully saturated rings. The van der Waals surface area contributed by atoms with E-state index < -0.39 is 10.0 Å². The second kappa shape index (κ2) is 9.64. The van der Waals surface area contributed by atoms with Crippen molar-refractivity contribution in [3.8, 4) is 17.1 Å². The van der Waals surface area contributed by atoms with E-state index in [-0.39, 0.29) is 16.6 Å². The zero-order valence-electron chi connectivity index (χ0n) is 20.6. The monoisotopic (exact) mass is 514 g/mol. The van der Waals surface area contributed by atoms with Crippen molar-refractivity contribution in [2.45, 2.75) is 51.1 Å². The molecule has 4 heterocycles. The van der Waals surface area contributed by atoms with Gasteiger partial charge in [-0.15, -0.1) is 10.2 Å². The summed E-state index contributed by atoms with van der Waals surface area (Å²) >= 11 is 0. The van der Waals surface area contributed by atoms with Gasteiger partial charge in [0.05, 0.1) is 17.1 Å². The Morgan fingerprint density at radius 3 is 2.78 bits per heavy atom. The molecule has 4 aromatic rings. The first-order valence-corrected chi connectivity index (χ1v) is 13.6. The predicted octanol–water partition coefficient (Wildman–Crippen LogP) is 1.62. The Kier molecular flexibility index (Phi) is 6.53. The first kappa shape index (κ1) is 24.4. The minimum Gasteiger partial charge on any atom is -0.493 e. The first-order chi connectivity index (χ1) is 17.3. The largest absolute Gasteiger partial charge is 0.493 e. The molecule has 1 aliphatic heterocycles. The van der Waals surface area contributed by atoms with E-state index in [0.717, 1.165) is 12.8 Å². The number of aromatic amines is 1. The Hall–Kier alpha value is -3.29. The van der Waals surface area contributed by atoms with Crippen LogP contribution in [0.1, 0.15) is 33.6 Å². The van der Waals surface area contributed by atoms with E-state index in [0.29, 0.717) is 66.7 Å². The number of hydrogen-bond donors (Lipinski definition) is 2. The number of hydrogen-bond acceptors (Lipinski definition) is 8. The van der Waals surface area contributed by atoms with Gasteiger partial charge in [0.15, 0.2) is 11.3 Å². The highest BCUT2D eigenvalue weighted by Crippen LogP contribution is 2.33. The molecule has 3 aromatic heterocycles. The smallest absolute Gasteiger partial charge is 0.336 e. The normalized spacial score (nSPS) is 17.2. The molecule has 0 bridgehead atoms. The minimum atomic E-state index is -3.73. The standard InChI is InChI=1S/C23H30N8O4S/c1-4-9-30-21-19(22-28-25-14-31(22)23(30)32)26-20(27-21)17-12-16(6-7-18(17)35-11-5-2)36(33,34)29-10-8-24-15(3)13-29/h6-7,12,14-15,24H,4-5,8-11,13H2,1-3H3,(H,26,27)/t15-/m1/s1. The number of aromatic nitrogens is 6. The Morgan fingerprint density at radius 1 is 1.19 bits per heavy atom. The van der Waals surface area contributed by atoms with Crippen molar-refractivity contribution in [1.29, 1.82) is 0 Å². The van der Waals surface area contributed by atoms with Crippen molar-refractivity contribution in [3.05, 3.63) is 35.0 Å². The van der Waals surface area contributed by atoms with E-state index in [1.807, 2.05) is 20.8 Å². The van der Waals surface area contributed by atoms with Crippen LogP contribution in [0.25, 0.3) is 28.2 Å². The van der Waals surface area contributed by atoms with Crippen molar-refractivity contribution in [3.63, 3.8) is 0 Å². The van der Waals surface area contributed by atoms with Crippen LogP contribution in [0.5, 0.6) is 5.75 Å². The van der Waals surface area contributed by atoms with E-state index in [1.165, 1.54) is 15.0 Å². The van der Waals surface area contributed by atoms with Crippen LogP contribution in [-0.4, -0.2) is 74.1 Å². The van der Waals surface area contributed by atoms with E-state index >= 15 is 0 Å². The number of ether oxygens (including phenoxy) is 1. The zero-order valence-corrected chi connectivity index (χ0v) is 21.4. The number of fused-ring (bicyclic) bond motifs is 3. The van der Waals surface area contributed by atoms with E-state index in [4.69, 9.17) is 9.72 Å². The fourth-order valence-corrected chi connectivity index (χ4v) is 6.05. The van der Waals surface area contributed by atoms with Gasteiger partial charge >= 0.3 is 5.69 Å². The summed E-state index contributed by atoms with van der Waals surface area (Å²) in [5.74, 6) is 0.896. The number of imidazole rings is 1. The molecule has 1 atom stereocenters. The van der Waals surface area contributed by atoms with Gasteiger partial charge in [0, 0.05) is 32.2 Å². The maximum absolute atomic E-state index is 13.5. The highest BCUT2D eigenvalue weighted by Gasteiger charge is 2.30. The van der Waals surface area contributed by atoms with Crippen LogP contribution in [0.3, 0.4) is 0 Å². The summed E-state index contributed by atoms with van der Waals surface area (Å²) in [6.07, 6.45) is 2.89. The molecular weight excluding hydrogens is 484 g/mol. The van der Waals surface area contributed by atoms with Gasteiger partial charge in [-0.05, 0) is 38.0 Å². The zero-order chi connectivity index (χ0) is 25.4. The van der Waals surface area contributed by atoms with Crippen LogP contribution in [0.4, 0.5) is 0 Å². The lowest BCUT2D eigenvalue weighted by Crippen LogP contribution is -2.51. The topological polar surface area (TPSA) is 140 Å². The summed E-state index contributed by atoms with van der Waals surface area (Å²) in [5, 5.41) is 11.3. The van der Waals surface area contributed by atoms with Crippen molar-refractivity contribution in [2.75, 3.05) is 26.2 Å². The summed E-state index contributed by atoms with van der Waals surface area (Å²) in [4.78, 5) is 21.2. The van der Waals surface area contributed by atoms with Crippen molar-refractivity contribution >= 4 is 26.8 Å². The van der Waals surface area contributed by atoms with Crippen LogP contribution in [0, 0.1) is 0 Å². The molecule has 0 amide bonds. The molecule has 0 saturated carbocycles. The third kappa shape index (κ3) is 4.16. The van der Waals surface area contributed by atoms with Crippen molar-refractivity contribution < 1.29 is 13.2 Å². The Morgan fingerprint density at radius 2 is 2.03 bits per heavy atom. The Balaban J connectivity index is 1.69. The summed E-state index contributed by atoms with van der Waals surface area (Å²) < 4.78 is 37.4. The van der Waals surface area contributed by atoms with Gasteiger partial charge in [-0.25, -0.2) is 22.6 Å². The molecular formula is C23H30N8O4S. The Bertz CT molecular complexity index is 1570. The average Bonchev–Trinajstić information content (AvgIpc) is 3.53. The van der Waals surface area contributed by atoms with Gasteiger partial charge in [-0.2, -0.15) is 4.31 Å². The quantitative estimate of drug-likeness (QED) is 0.362. The van der Waals surface area contributed by atoms with Crippen LogP contribution in [0.2, 0.25) is 0 Å². The number of H-pyrrole nitrogens is 1. The van der Waals surface area contributed by atoms with E-state index in [2.05, 4.69) is 20.5 Å². The maximum atomic E-state index is 13.5. The van der Waals surface area contributed by atoms with Crippen LogP contribution >= 0.6 is 0 Å². The molecule has 5 rings (SSSR count). The fourth-order valence-electron chi connectivity index (χ4n) is 4.49. The van der Waals surface area contributed by atoms with Gasteiger partial charge < -0.3 is 15.0 Å². The maximum Gasteiger partial charge on any atom is 0.336 e. The number of nitrogens with one attached hydrogen (secondary N) is 2. The van der Waals surface area contributed by atoms with Crippen LogP contribution in [-0.2, 0) is 16.6 Å². The SMILES string of the molecule is CCCOc1ccc(S(=O)(=O)N2CCN[C@H](C)C2)cc1-c1nc2c([nH]1)c1nncn1c(=O)n2CCC. The number of aryl methyl sites for hydroxylation is 1. The third-order valence-electron chi connectivity index (χ3n) is 6.23. The number of piperazine rings is 1. The van der Waals surface area contributed by atoms with Gasteiger partial charge in [0.1, 0.15) is 23.4 Å². The molecule has 12 nitrogen and oxygen atoms in total. The molecule has 1 saturated heterocycles. The van der Waals surface area contributed by atoms with Crippen molar-refractivity contribution in [1.82, 2.24) is 38.8 Å². The summed E-state index contributed by atoms with van der Waals surface area (Å²) in [7, 11) is -3.73. The number of sulfonamides is 1. The molecule has 1 aromatic carbocycles. The van der Waals surface area contributed by atoms with Gasteiger partial charge in [0.25, 0.3) is 0 Å². The lowest BCUT2D eigenvalue weighted by Gasteiger charge is -2.31. The second-order valence-electron chi connectivity index (χ2n) is 8.97.